The molecule has 224 valence electrons. The molecule has 0 fully saturated rings. The van der Waals surface area contributed by atoms with Gasteiger partial charge in [-0.15, -0.1) is 0 Å². The van der Waals surface area contributed by atoms with Gasteiger partial charge in [0.25, 0.3) is 0 Å². The number of aliphatic imine (C=N–C) groups is 2. The molecule has 0 bridgehead atoms. The lowest BCUT2D eigenvalue weighted by molar-refractivity contribution is 0.622. The molecule has 9 rings (SSSR count). The second kappa shape index (κ2) is 11.5. The average molecular weight is 605 g/mol. The normalized spacial score (nSPS) is 15.4. The third kappa shape index (κ3) is 5.10. The number of furan rings is 1. The van der Waals surface area contributed by atoms with Crippen molar-refractivity contribution in [1.29, 1.82) is 0 Å². The van der Waals surface area contributed by atoms with Crippen LogP contribution in [0.1, 0.15) is 42.0 Å². The standard InChI is InChI=1S/C44H32N2O/c1-2-11-33(12-3-1)44-45-40(32-20-17-30(18-21-32)35-22-19-29-9-4-5-13-34(29)27-35)15-8-16-41(46-44)36-24-26-42-39(28-36)38-25-23-31-10-6-7-14-37(31)43(38)47-42/h1-7,9-14,17-28,41H,8,15-16H2. The quantitative estimate of drug-likeness (QED) is 0.197. The molecule has 1 unspecified atom stereocenters. The van der Waals surface area contributed by atoms with E-state index in [1.807, 2.05) is 6.07 Å². The summed E-state index contributed by atoms with van der Waals surface area (Å²) < 4.78 is 6.40. The van der Waals surface area contributed by atoms with Crippen molar-refractivity contribution in [3.8, 4) is 11.1 Å². The second-order valence-corrected chi connectivity index (χ2v) is 12.4. The van der Waals surface area contributed by atoms with Crippen LogP contribution in [0.4, 0.5) is 0 Å². The molecular weight excluding hydrogens is 572 g/mol. The fourth-order valence-corrected chi connectivity index (χ4v) is 7.02. The van der Waals surface area contributed by atoms with Gasteiger partial charge in [0.2, 0.25) is 0 Å². The lowest BCUT2D eigenvalue weighted by Gasteiger charge is -2.19. The second-order valence-electron chi connectivity index (χ2n) is 12.4. The van der Waals surface area contributed by atoms with Crippen LogP contribution < -0.4 is 0 Å². The molecule has 0 aliphatic carbocycles. The Hall–Kier alpha value is -5.80. The number of hydrogen-bond donors (Lipinski definition) is 0. The number of hydrogen-bond acceptors (Lipinski definition) is 3. The van der Waals surface area contributed by atoms with Crippen molar-refractivity contribution in [1.82, 2.24) is 0 Å². The van der Waals surface area contributed by atoms with Gasteiger partial charge in [0.15, 0.2) is 5.84 Å². The largest absolute Gasteiger partial charge is 0.455 e. The van der Waals surface area contributed by atoms with Gasteiger partial charge in [-0.05, 0) is 81.9 Å². The van der Waals surface area contributed by atoms with Gasteiger partial charge in [-0.1, -0.05) is 127 Å². The van der Waals surface area contributed by atoms with E-state index in [2.05, 4.69) is 146 Å². The highest BCUT2D eigenvalue weighted by molar-refractivity contribution is 6.15. The molecule has 0 saturated carbocycles. The highest BCUT2D eigenvalue weighted by atomic mass is 16.3. The lowest BCUT2D eigenvalue weighted by atomic mass is 9.95. The molecule has 3 nitrogen and oxygen atoms in total. The van der Waals surface area contributed by atoms with Crippen molar-refractivity contribution in [3.05, 3.63) is 168 Å². The van der Waals surface area contributed by atoms with E-state index in [4.69, 9.17) is 14.4 Å². The summed E-state index contributed by atoms with van der Waals surface area (Å²) in [6, 6.07) is 53.8. The lowest BCUT2D eigenvalue weighted by Crippen LogP contribution is -2.12. The van der Waals surface area contributed by atoms with Gasteiger partial charge in [-0.2, -0.15) is 0 Å². The van der Waals surface area contributed by atoms with Gasteiger partial charge in [0.05, 0.1) is 11.8 Å². The van der Waals surface area contributed by atoms with Crippen LogP contribution in [-0.4, -0.2) is 11.5 Å². The Kier molecular flexibility index (Phi) is 6.75. The van der Waals surface area contributed by atoms with Crippen LogP contribution in [0.5, 0.6) is 0 Å². The Morgan fingerprint density at radius 2 is 1.23 bits per heavy atom. The summed E-state index contributed by atoms with van der Waals surface area (Å²) in [5, 5.41) is 7.13. The van der Waals surface area contributed by atoms with Crippen LogP contribution >= 0.6 is 0 Å². The van der Waals surface area contributed by atoms with Gasteiger partial charge < -0.3 is 4.42 Å². The van der Waals surface area contributed by atoms with Crippen molar-refractivity contribution in [2.45, 2.75) is 25.3 Å². The fraction of sp³-hybridized carbons (Fsp3) is 0.0909. The molecule has 3 heteroatoms. The smallest absolute Gasteiger partial charge is 0.155 e. The Bertz CT molecular complexity index is 2490. The molecule has 2 heterocycles. The van der Waals surface area contributed by atoms with Gasteiger partial charge in [-0.3, -0.25) is 4.99 Å². The zero-order chi connectivity index (χ0) is 31.2. The molecular formula is C44H32N2O. The maximum atomic E-state index is 6.40. The fourth-order valence-electron chi connectivity index (χ4n) is 7.02. The maximum absolute atomic E-state index is 6.40. The third-order valence-corrected chi connectivity index (χ3v) is 9.51. The molecule has 0 radical (unpaired) electrons. The molecule has 0 amide bonds. The SMILES string of the molecule is c1ccc(C2=NC(c3ccc4oc5c6ccccc6ccc5c4c3)CCCC(c3ccc(-c4ccc5ccccc5c4)cc3)=N2)cc1. The molecule has 1 aromatic heterocycles. The molecule has 0 N–H and O–H groups in total. The topological polar surface area (TPSA) is 37.9 Å². The van der Waals surface area contributed by atoms with Crippen LogP contribution in [0.25, 0.3) is 54.6 Å². The first-order chi connectivity index (χ1) is 23.3. The van der Waals surface area contributed by atoms with Crippen LogP contribution in [0.3, 0.4) is 0 Å². The van der Waals surface area contributed by atoms with E-state index in [1.165, 1.54) is 32.8 Å². The average Bonchev–Trinajstić information content (AvgIpc) is 3.51. The van der Waals surface area contributed by atoms with Crippen molar-refractivity contribution in [2.75, 3.05) is 0 Å². The van der Waals surface area contributed by atoms with Crippen LogP contribution in [0.2, 0.25) is 0 Å². The summed E-state index contributed by atoms with van der Waals surface area (Å²) in [5.74, 6) is 0.784. The molecule has 7 aromatic carbocycles. The molecule has 8 aromatic rings. The van der Waals surface area contributed by atoms with Crippen molar-refractivity contribution in [3.63, 3.8) is 0 Å². The molecule has 0 saturated heterocycles. The summed E-state index contributed by atoms with van der Waals surface area (Å²) in [6.45, 7) is 0. The third-order valence-electron chi connectivity index (χ3n) is 9.51. The summed E-state index contributed by atoms with van der Waals surface area (Å²) in [6.07, 6.45) is 2.83. The first-order valence-electron chi connectivity index (χ1n) is 16.4. The van der Waals surface area contributed by atoms with Gasteiger partial charge >= 0.3 is 0 Å². The van der Waals surface area contributed by atoms with E-state index in [9.17, 15) is 0 Å². The Morgan fingerprint density at radius 3 is 2.11 bits per heavy atom. The van der Waals surface area contributed by atoms with Crippen molar-refractivity contribution in [2.24, 2.45) is 9.98 Å². The molecule has 1 atom stereocenters. The Balaban J connectivity index is 1.09. The van der Waals surface area contributed by atoms with Crippen molar-refractivity contribution >= 4 is 55.0 Å². The van der Waals surface area contributed by atoms with E-state index >= 15 is 0 Å². The van der Waals surface area contributed by atoms with Crippen molar-refractivity contribution < 1.29 is 4.42 Å². The summed E-state index contributed by atoms with van der Waals surface area (Å²) in [5.41, 5.74) is 8.74. The highest BCUT2D eigenvalue weighted by Crippen LogP contribution is 2.37. The van der Waals surface area contributed by atoms with Crippen LogP contribution in [-0.2, 0) is 0 Å². The highest BCUT2D eigenvalue weighted by Gasteiger charge is 2.20. The molecule has 1 aliphatic heterocycles. The molecule has 0 spiro atoms. The summed E-state index contributed by atoms with van der Waals surface area (Å²) in [4.78, 5) is 10.6. The zero-order valence-electron chi connectivity index (χ0n) is 25.9. The summed E-state index contributed by atoms with van der Waals surface area (Å²) in [7, 11) is 0. The summed E-state index contributed by atoms with van der Waals surface area (Å²) >= 11 is 0. The van der Waals surface area contributed by atoms with Crippen LogP contribution in [0, 0.1) is 0 Å². The minimum atomic E-state index is 0.000548. The molecule has 1 aliphatic rings. The zero-order valence-corrected chi connectivity index (χ0v) is 25.9. The van der Waals surface area contributed by atoms with E-state index < -0.39 is 0 Å². The Morgan fingerprint density at radius 1 is 0.511 bits per heavy atom. The van der Waals surface area contributed by atoms with Gasteiger partial charge in [0, 0.05) is 21.7 Å². The number of fused-ring (bicyclic) bond motifs is 6. The van der Waals surface area contributed by atoms with Gasteiger partial charge in [0.1, 0.15) is 11.2 Å². The van der Waals surface area contributed by atoms with Crippen LogP contribution in [0.15, 0.2) is 166 Å². The maximum Gasteiger partial charge on any atom is 0.155 e. The molecule has 47 heavy (non-hydrogen) atoms. The van der Waals surface area contributed by atoms with E-state index in [0.717, 1.165) is 69.3 Å². The first kappa shape index (κ1) is 27.5. The number of nitrogens with zero attached hydrogens (tertiary/aromatic N) is 2. The first-order valence-corrected chi connectivity index (χ1v) is 16.4. The minimum absolute atomic E-state index is 0.000548. The predicted octanol–water partition coefficient (Wildman–Crippen LogP) is 11.7. The monoisotopic (exact) mass is 604 g/mol. The number of amidine groups is 1. The number of benzene rings is 7. The van der Waals surface area contributed by atoms with E-state index in [1.54, 1.807) is 0 Å². The van der Waals surface area contributed by atoms with Gasteiger partial charge in [-0.25, -0.2) is 4.99 Å². The van der Waals surface area contributed by atoms with E-state index in [-0.39, 0.29) is 6.04 Å². The predicted molar refractivity (Wildman–Crippen MR) is 197 cm³/mol. The Labute approximate surface area is 273 Å². The minimum Gasteiger partial charge on any atom is -0.455 e. The number of rotatable bonds is 4. The van der Waals surface area contributed by atoms with E-state index in [0.29, 0.717) is 0 Å².